The number of hydrogen-bond acceptors (Lipinski definition) is 3. The number of carbonyl (C=O) groups is 1. The Morgan fingerprint density at radius 3 is 2.50 bits per heavy atom. The second kappa shape index (κ2) is 5.50. The fourth-order valence-corrected chi connectivity index (χ4v) is 2.90. The van der Waals surface area contributed by atoms with Gasteiger partial charge in [0.2, 0.25) is 0 Å². The molecule has 5 heteroatoms. The van der Waals surface area contributed by atoms with Crippen LogP contribution in [0.4, 0.5) is 0 Å². The fraction of sp³-hybridized carbons (Fsp3) is 0.769. The van der Waals surface area contributed by atoms with Gasteiger partial charge in [-0.3, -0.25) is 0 Å². The molecule has 0 aliphatic heterocycles. The average Bonchev–Trinajstić information content (AvgIpc) is 2.82. The van der Waals surface area contributed by atoms with Crippen molar-refractivity contribution in [3.63, 3.8) is 0 Å². The molecule has 5 nitrogen and oxygen atoms in total. The summed E-state index contributed by atoms with van der Waals surface area (Å²) in [4.78, 5) is 11.1. The molecule has 0 aromatic carbocycles. The van der Waals surface area contributed by atoms with Gasteiger partial charge >= 0.3 is 5.97 Å². The Balaban J connectivity index is 2.16. The van der Waals surface area contributed by atoms with Gasteiger partial charge in [0.15, 0.2) is 5.69 Å². The van der Waals surface area contributed by atoms with Gasteiger partial charge in [0.05, 0.1) is 11.7 Å². The van der Waals surface area contributed by atoms with Gasteiger partial charge in [0.1, 0.15) is 0 Å². The Morgan fingerprint density at radius 1 is 1.33 bits per heavy atom. The van der Waals surface area contributed by atoms with E-state index in [1.54, 1.807) is 0 Å². The molecular weight excluding hydrogens is 230 g/mol. The number of aromatic carboxylic acids is 1. The molecule has 0 saturated heterocycles. The lowest BCUT2D eigenvalue weighted by Gasteiger charge is -2.28. The summed E-state index contributed by atoms with van der Waals surface area (Å²) in [6.07, 6.45) is 6.52. The normalized spacial score (nSPS) is 24.1. The van der Waals surface area contributed by atoms with Crippen molar-refractivity contribution in [1.82, 2.24) is 15.0 Å². The van der Waals surface area contributed by atoms with E-state index in [2.05, 4.69) is 17.2 Å². The lowest BCUT2D eigenvalue weighted by Crippen LogP contribution is -2.20. The molecule has 0 spiro atoms. The number of carboxylic acid groups (broad SMARTS) is 1. The Morgan fingerprint density at radius 2 is 2.00 bits per heavy atom. The minimum atomic E-state index is -0.972. The largest absolute Gasteiger partial charge is 0.476 e. The summed E-state index contributed by atoms with van der Waals surface area (Å²) >= 11 is 0. The lowest BCUT2D eigenvalue weighted by atomic mass is 9.84. The van der Waals surface area contributed by atoms with Crippen molar-refractivity contribution in [3.05, 3.63) is 11.4 Å². The topological polar surface area (TPSA) is 68.0 Å². The second-order valence-corrected chi connectivity index (χ2v) is 5.07. The summed E-state index contributed by atoms with van der Waals surface area (Å²) in [5.41, 5.74) is 0.887. The molecule has 2 rings (SSSR count). The van der Waals surface area contributed by atoms with Crippen LogP contribution < -0.4 is 0 Å². The molecule has 100 valence electrons. The molecule has 0 atom stereocenters. The molecular formula is C13H21N3O2. The molecule has 1 fully saturated rings. The van der Waals surface area contributed by atoms with Crippen LogP contribution in [-0.4, -0.2) is 26.1 Å². The molecule has 1 saturated carbocycles. The van der Waals surface area contributed by atoms with Crippen molar-refractivity contribution in [1.29, 1.82) is 0 Å². The van der Waals surface area contributed by atoms with E-state index in [-0.39, 0.29) is 5.69 Å². The zero-order chi connectivity index (χ0) is 13.1. The van der Waals surface area contributed by atoms with Crippen LogP contribution in [0.1, 0.15) is 68.2 Å². The van der Waals surface area contributed by atoms with Crippen LogP contribution in [0.5, 0.6) is 0 Å². The highest BCUT2D eigenvalue weighted by atomic mass is 16.4. The molecule has 1 aromatic heterocycles. The quantitative estimate of drug-likeness (QED) is 0.893. The smallest absolute Gasteiger partial charge is 0.358 e. The van der Waals surface area contributed by atoms with Crippen LogP contribution in [0, 0.1) is 5.92 Å². The maximum Gasteiger partial charge on any atom is 0.358 e. The van der Waals surface area contributed by atoms with Crippen molar-refractivity contribution in [2.45, 2.75) is 58.4 Å². The van der Waals surface area contributed by atoms with E-state index < -0.39 is 5.97 Å². The minimum absolute atomic E-state index is 0.120. The molecule has 0 bridgehead atoms. The maximum absolute atomic E-state index is 11.1. The molecule has 0 unspecified atom stereocenters. The molecule has 18 heavy (non-hydrogen) atoms. The highest BCUT2D eigenvalue weighted by Gasteiger charge is 2.26. The van der Waals surface area contributed by atoms with Crippen LogP contribution in [0.15, 0.2) is 0 Å². The highest BCUT2D eigenvalue weighted by Crippen LogP contribution is 2.34. The third kappa shape index (κ3) is 2.40. The average molecular weight is 251 g/mol. The molecule has 0 amide bonds. The number of nitrogens with zero attached hydrogens (tertiary/aromatic N) is 3. The van der Waals surface area contributed by atoms with Crippen molar-refractivity contribution < 1.29 is 9.90 Å². The van der Waals surface area contributed by atoms with E-state index >= 15 is 0 Å². The predicted molar refractivity (Wildman–Crippen MR) is 67.6 cm³/mol. The van der Waals surface area contributed by atoms with E-state index in [1.165, 1.54) is 19.3 Å². The van der Waals surface area contributed by atoms with Crippen LogP contribution in [0.25, 0.3) is 0 Å². The van der Waals surface area contributed by atoms with Gasteiger partial charge in [-0.2, -0.15) is 0 Å². The first-order chi connectivity index (χ1) is 8.67. The van der Waals surface area contributed by atoms with Crippen LogP contribution in [0.2, 0.25) is 0 Å². The standard InChI is InChI=1S/C13H21N3O2/c1-3-9-5-7-10(8-6-9)16-11(4-2)12(13(17)18)14-15-16/h9-10H,3-8H2,1-2H3,(H,17,18). The van der Waals surface area contributed by atoms with Crippen molar-refractivity contribution in [3.8, 4) is 0 Å². The minimum Gasteiger partial charge on any atom is -0.476 e. The Hall–Kier alpha value is -1.39. The SMILES string of the molecule is CCc1c(C(=O)O)nnn1C1CCC(CC)CC1. The van der Waals surface area contributed by atoms with Crippen LogP contribution in [-0.2, 0) is 6.42 Å². The third-order valence-corrected chi connectivity index (χ3v) is 4.07. The summed E-state index contributed by atoms with van der Waals surface area (Å²) < 4.78 is 1.86. The van der Waals surface area contributed by atoms with Crippen LogP contribution in [0.3, 0.4) is 0 Å². The first-order valence-corrected chi connectivity index (χ1v) is 6.84. The zero-order valence-corrected chi connectivity index (χ0v) is 11.1. The number of hydrogen-bond donors (Lipinski definition) is 1. The number of rotatable bonds is 4. The van der Waals surface area contributed by atoms with Crippen molar-refractivity contribution in [2.24, 2.45) is 5.92 Å². The molecule has 1 aromatic rings. The first-order valence-electron chi connectivity index (χ1n) is 6.84. The fourth-order valence-electron chi connectivity index (χ4n) is 2.90. The van der Waals surface area contributed by atoms with Gasteiger partial charge in [-0.1, -0.05) is 25.5 Å². The summed E-state index contributed by atoms with van der Waals surface area (Å²) in [6, 6.07) is 0.336. The van der Waals surface area contributed by atoms with E-state index in [0.717, 1.165) is 24.5 Å². The lowest BCUT2D eigenvalue weighted by molar-refractivity contribution is 0.0689. The van der Waals surface area contributed by atoms with Crippen LogP contribution >= 0.6 is 0 Å². The number of aromatic nitrogens is 3. The van der Waals surface area contributed by atoms with Gasteiger partial charge in [0, 0.05) is 0 Å². The molecule has 1 aliphatic carbocycles. The van der Waals surface area contributed by atoms with Gasteiger partial charge in [0.25, 0.3) is 0 Å². The molecule has 1 N–H and O–H groups in total. The second-order valence-electron chi connectivity index (χ2n) is 5.07. The first kappa shape index (κ1) is 13.1. The van der Waals surface area contributed by atoms with Crippen molar-refractivity contribution in [2.75, 3.05) is 0 Å². The van der Waals surface area contributed by atoms with E-state index in [4.69, 9.17) is 5.11 Å². The Kier molecular flexibility index (Phi) is 3.99. The summed E-state index contributed by atoms with van der Waals surface area (Å²) in [6.45, 7) is 4.19. The highest BCUT2D eigenvalue weighted by molar-refractivity contribution is 5.86. The van der Waals surface area contributed by atoms with E-state index in [1.807, 2.05) is 11.6 Å². The van der Waals surface area contributed by atoms with E-state index in [9.17, 15) is 4.79 Å². The molecule has 0 radical (unpaired) electrons. The monoisotopic (exact) mass is 251 g/mol. The Labute approximate surface area is 107 Å². The zero-order valence-electron chi connectivity index (χ0n) is 11.1. The van der Waals surface area contributed by atoms with E-state index in [0.29, 0.717) is 12.5 Å². The van der Waals surface area contributed by atoms with Gasteiger partial charge < -0.3 is 5.11 Å². The summed E-state index contributed by atoms with van der Waals surface area (Å²) in [5.74, 6) is -0.144. The van der Waals surface area contributed by atoms with Gasteiger partial charge in [-0.05, 0) is 38.0 Å². The third-order valence-electron chi connectivity index (χ3n) is 4.07. The predicted octanol–water partition coefficient (Wildman–Crippen LogP) is 2.68. The molecule has 1 heterocycles. The molecule has 1 aliphatic rings. The number of carboxylic acids is 1. The van der Waals surface area contributed by atoms with Gasteiger partial charge in [-0.25, -0.2) is 9.48 Å². The summed E-state index contributed by atoms with van der Waals surface area (Å²) in [7, 11) is 0. The Bertz CT molecular complexity index is 420. The maximum atomic E-state index is 11.1. The van der Waals surface area contributed by atoms with Gasteiger partial charge in [-0.15, -0.1) is 5.10 Å². The van der Waals surface area contributed by atoms with Crippen molar-refractivity contribution >= 4 is 5.97 Å². The summed E-state index contributed by atoms with van der Waals surface area (Å²) in [5, 5.41) is 17.0.